The molecule has 2 fully saturated rings. The molecule has 0 radical (unpaired) electrons. The molecule has 2 aromatic heterocycles. The summed E-state index contributed by atoms with van der Waals surface area (Å²) in [5.74, 6) is 2.80. The summed E-state index contributed by atoms with van der Waals surface area (Å²) in [6.07, 6.45) is 12.7. The van der Waals surface area contributed by atoms with E-state index in [1.807, 2.05) is 23.2 Å². The monoisotopic (exact) mass is 352 g/mol. The van der Waals surface area contributed by atoms with Crippen molar-refractivity contribution in [3.05, 3.63) is 47.8 Å². The number of rotatable bonds is 5. The third-order valence-corrected chi connectivity index (χ3v) is 6.13. The van der Waals surface area contributed by atoms with Gasteiger partial charge in [0.2, 0.25) is 0 Å². The highest BCUT2D eigenvalue weighted by atomic mass is 16.2. The van der Waals surface area contributed by atoms with Crippen LogP contribution in [0.15, 0.2) is 30.7 Å². The Labute approximate surface area is 155 Å². The summed E-state index contributed by atoms with van der Waals surface area (Å²) in [5, 5.41) is 0. The second kappa shape index (κ2) is 7.60. The van der Waals surface area contributed by atoms with E-state index in [1.54, 1.807) is 12.4 Å². The van der Waals surface area contributed by atoms with Gasteiger partial charge < -0.3 is 9.47 Å². The lowest BCUT2D eigenvalue weighted by Crippen LogP contribution is -2.38. The lowest BCUT2D eigenvalue weighted by atomic mass is 9.84. The highest BCUT2D eigenvalue weighted by Gasteiger charge is 2.26. The van der Waals surface area contributed by atoms with Crippen molar-refractivity contribution in [3.63, 3.8) is 0 Å². The maximum atomic E-state index is 12.5. The maximum Gasteiger partial charge on any atom is 0.255 e. The molecule has 0 bridgehead atoms. The van der Waals surface area contributed by atoms with Crippen molar-refractivity contribution in [1.82, 2.24) is 19.4 Å². The Bertz CT molecular complexity index is 743. The summed E-state index contributed by atoms with van der Waals surface area (Å²) < 4.78 is 2.44. The number of amides is 1. The van der Waals surface area contributed by atoms with Gasteiger partial charge >= 0.3 is 0 Å². The quantitative estimate of drug-likeness (QED) is 0.822. The molecule has 5 heteroatoms. The number of piperidine rings is 1. The molecule has 138 valence electrons. The van der Waals surface area contributed by atoms with Gasteiger partial charge in [-0.3, -0.25) is 9.78 Å². The van der Waals surface area contributed by atoms with E-state index in [4.69, 9.17) is 0 Å². The van der Waals surface area contributed by atoms with Crippen molar-refractivity contribution in [2.24, 2.45) is 5.92 Å². The van der Waals surface area contributed by atoms with Gasteiger partial charge in [0.1, 0.15) is 5.82 Å². The number of aromatic nitrogens is 3. The van der Waals surface area contributed by atoms with E-state index in [0.29, 0.717) is 17.4 Å². The Morgan fingerprint density at radius 2 is 2.00 bits per heavy atom. The van der Waals surface area contributed by atoms with Crippen LogP contribution in [0.5, 0.6) is 0 Å². The molecule has 0 unspecified atom stereocenters. The summed E-state index contributed by atoms with van der Waals surface area (Å²) in [5.41, 5.74) is 1.99. The summed E-state index contributed by atoms with van der Waals surface area (Å²) in [6, 6.07) is 3.68. The van der Waals surface area contributed by atoms with E-state index < -0.39 is 0 Å². The molecule has 1 aliphatic carbocycles. The van der Waals surface area contributed by atoms with Gasteiger partial charge in [-0.05, 0) is 57.1 Å². The van der Waals surface area contributed by atoms with Crippen LogP contribution in [0.1, 0.15) is 66.3 Å². The molecule has 0 N–H and O–H groups in total. The number of nitrogens with zero attached hydrogens (tertiary/aromatic N) is 4. The standard InChI is InChI=1S/C21H28N4O/c1-16-14-23-20(18-4-2-5-18)25(16)13-9-17-7-11-24(12-8-17)21(26)19-6-3-10-22-15-19/h3,6,10,14-15,17-18H,2,4-5,7-9,11-13H2,1H3. The Balaban J connectivity index is 1.29. The Hall–Kier alpha value is -2.17. The fourth-order valence-corrected chi connectivity index (χ4v) is 4.17. The van der Waals surface area contributed by atoms with Crippen molar-refractivity contribution in [2.45, 2.75) is 57.9 Å². The fourth-order valence-electron chi connectivity index (χ4n) is 4.17. The smallest absolute Gasteiger partial charge is 0.255 e. The normalized spacial score (nSPS) is 18.7. The summed E-state index contributed by atoms with van der Waals surface area (Å²) in [7, 11) is 0. The molecule has 4 rings (SSSR count). The number of likely N-dealkylation sites (tertiary alicyclic amines) is 1. The number of carbonyl (C=O) groups excluding carboxylic acids is 1. The first-order valence-corrected chi connectivity index (χ1v) is 9.93. The van der Waals surface area contributed by atoms with Gasteiger partial charge in [-0.1, -0.05) is 6.42 Å². The van der Waals surface area contributed by atoms with Crippen LogP contribution in [0.3, 0.4) is 0 Å². The minimum Gasteiger partial charge on any atom is -0.339 e. The van der Waals surface area contributed by atoms with E-state index in [1.165, 1.54) is 37.2 Å². The number of aryl methyl sites for hydroxylation is 1. The number of hydrogen-bond acceptors (Lipinski definition) is 3. The molecule has 26 heavy (non-hydrogen) atoms. The third kappa shape index (κ3) is 3.53. The summed E-state index contributed by atoms with van der Waals surface area (Å²) >= 11 is 0. The first-order chi connectivity index (χ1) is 12.7. The number of hydrogen-bond donors (Lipinski definition) is 0. The van der Waals surface area contributed by atoms with Gasteiger partial charge in [-0.2, -0.15) is 0 Å². The van der Waals surface area contributed by atoms with Gasteiger partial charge in [-0.25, -0.2) is 4.98 Å². The third-order valence-electron chi connectivity index (χ3n) is 6.13. The van der Waals surface area contributed by atoms with Crippen LogP contribution >= 0.6 is 0 Å². The van der Waals surface area contributed by atoms with Gasteiger partial charge in [0.05, 0.1) is 5.56 Å². The van der Waals surface area contributed by atoms with Crippen LogP contribution < -0.4 is 0 Å². The minimum atomic E-state index is 0.120. The summed E-state index contributed by atoms with van der Waals surface area (Å²) in [4.78, 5) is 23.2. The Morgan fingerprint density at radius 1 is 1.19 bits per heavy atom. The van der Waals surface area contributed by atoms with Crippen LogP contribution in [0, 0.1) is 12.8 Å². The SMILES string of the molecule is Cc1cnc(C2CCC2)n1CCC1CCN(C(=O)c2cccnc2)CC1. The largest absolute Gasteiger partial charge is 0.339 e. The second-order valence-electron chi connectivity index (χ2n) is 7.80. The Morgan fingerprint density at radius 3 is 2.65 bits per heavy atom. The highest BCUT2D eigenvalue weighted by molar-refractivity contribution is 5.93. The van der Waals surface area contributed by atoms with Crippen molar-refractivity contribution in [3.8, 4) is 0 Å². The van der Waals surface area contributed by atoms with E-state index in [-0.39, 0.29) is 5.91 Å². The fraction of sp³-hybridized carbons (Fsp3) is 0.571. The lowest BCUT2D eigenvalue weighted by Gasteiger charge is -2.32. The molecule has 0 atom stereocenters. The van der Waals surface area contributed by atoms with Gasteiger partial charge in [0.15, 0.2) is 0 Å². The van der Waals surface area contributed by atoms with E-state index >= 15 is 0 Å². The maximum absolute atomic E-state index is 12.5. The molecule has 0 spiro atoms. The number of imidazole rings is 1. The van der Waals surface area contributed by atoms with E-state index in [0.717, 1.165) is 32.5 Å². The van der Waals surface area contributed by atoms with Gasteiger partial charge in [0, 0.05) is 49.8 Å². The van der Waals surface area contributed by atoms with Crippen LogP contribution in [-0.2, 0) is 6.54 Å². The molecule has 0 aromatic carbocycles. The van der Waals surface area contributed by atoms with Crippen molar-refractivity contribution in [1.29, 1.82) is 0 Å². The molecule has 1 aliphatic heterocycles. The molecule has 1 saturated carbocycles. The molecular weight excluding hydrogens is 324 g/mol. The molecule has 2 aromatic rings. The number of pyridine rings is 1. The minimum absolute atomic E-state index is 0.120. The first kappa shape index (κ1) is 17.3. The predicted molar refractivity (Wildman–Crippen MR) is 101 cm³/mol. The van der Waals surface area contributed by atoms with Crippen LogP contribution in [0.2, 0.25) is 0 Å². The van der Waals surface area contributed by atoms with Crippen molar-refractivity contribution >= 4 is 5.91 Å². The van der Waals surface area contributed by atoms with Crippen molar-refractivity contribution < 1.29 is 4.79 Å². The van der Waals surface area contributed by atoms with E-state index in [2.05, 4.69) is 21.5 Å². The summed E-state index contributed by atoms with van der Waals surface area (Å²) in [6.45, 7) is 4.96. The average molecular weight is 352 g/mol. The Kier molecular flexibility index (Phi) is 5.05. The van der Waals surface area contributed by atoms with Crippen LogP contribution in [-0.4, -0.2) is 38.4 Å². The zero-order valence-corrected chi connectivity index (χ0v) is 15.6. The number of carbonyl (C=O) groups is 1. The first-order valence-electron chi connectivity index (χ1n) is 9.93. The molecule has 5 nitrogen and oxygen atoms in total. The molecule has 2 aliphatic rings. The topological polar surface area (TPSA) is 51.0 Å². The zero-order chi connectivity index (χ0) is 17.9. The molecule has 1 saturated heterocycles. The van der Waals surface area contributed by atoms with Crippen LogP contribution in [0.4, 0.5) is 0 Å². The van der Waals surface area contributed by atoms with E-state index in [9.17, 15) is 4.79 Å². The second-order valence-corrected chi connectivity index (χ2v) is 7.80. The van der Waals surface area contributed by atoms with Gasteiger partial charge in [0.25, 0.3) is 5.91 Å². The lowest BCUT2D eigenvalue weighted by molar-refractivity contribution is 0.0684. The van der Waals surface area contributed by atoms with Crippen LogP contribution in [0.25, 0.3) is 0 Å². The molecule has 3 heterocycles. The predicted octanol–water partition coefficient (Wildman–Crippen LogP) is 3.80. The average Bonchev–Trinajstić information content (AvgIpc) is 2.99. The molecular formula is C21H28N4O. The molecule has 1 amide bonds. The van der Waals surface area contributed by atoms with Gasteiger partial charge in [-0.15, -0.1) is 0 Å². The highest BCUT2D eigenvalue weighted by Crippen LogP contribution is 2.36. The van der Waals surface area contributed by atoms with Crippen molar-refractivity contribution in [2.75, 3.05) is 13.1 Å². The zero-order valence-electron chi connectivity index (χ0n) is 15.6.